The molecular weight excluding hydrogens is 374 g/mol. The van der Waals surface area contributed by atoms with E-state index in [4.69, 9.17) is 9.97 Å². The second-order valence-corrected chi connectivity index (χ2v) is 8.94. The van der Waals surface area contributed by atoms with Crippen LogP contribution in [0.2, 0.25) is 0 Å². The predicted octanol–water partition coefficient (Wildman–Crippen LogP) is 3.42. The molecule has 0 N–H and O–H groups in total. The van der Waals surface area contributed by atoms with Crippen LogP contribution in [-0.4, -0.2) is 67.0 Å². The first kappa shape index (κ1) is 22.2. The van der Waals surface area contributed by atoms with Gasteiger partial charge in [-0.2, -0.15) is 0 Å². The number of rotatable bonds is 6. The third kappa shape index (κ3) is 5.36. The maximum Gasteiger partial charge on any atom is 0.229 e. The van der Waals surface area contributed by atoms with E-state index in [-0.39, 0.29) is 11.8 Å². The normalized spacial score (nSPS) is 16.0. The average Bonchev–Trinajstić information content (AvgIpc) is 2.72. The van der Waals surface area contributed by atoms with Crippen molar-refractivity contribution >= 4 is 11.7 Å². The fraction of sp³-hybridized carbons (Fsp3) is 0.542. The number of aromatic nitrogens is 2. The molecule has 0 spiro atoms. The lowest BCUT2D eigenvalue weighted by Gasteiger charge is -2.33. The Morgan fingerprint density at radius 1 is 1.10 bits per heavy atom. The van der Waals surface area contributed by atoms with Gasteiger partial charge < -0.3 is 14.7 Å². The van der Waals surface area contributed by atoms with Gasteiger partial charge in [0, 0.05) is 45.7 Å². The topological polar surface area (TPSA) is 52.6 Å². The molecule has 2 aromatic rings. The predicted molar refractivity (Wildman–Crippen MR) is 122 cm³/mol. The molecule has 1 aliphatic rings. The maximum absolute atomic E-state index is 13.0. The summed E-state index contributed by atoms with van der Waals surface area (Å²) in [5.74, 6) is 2.26. The number of amides is 1. The van der Waals surface area contributed by atoms with Crippen LogP contribution in [0.4, 0.5) is 5.82 Å². The van der Waals surface area contributed by atoms with Crippen molar-refractivity contribution in [1.29, 1.82) is 0 Å². The van der Waals surface area contributed by atoms with Gasteiger partial charge in [0.25, 0.3) is 0 Å². The van der Waals surface area contributed by atoms with Crippen LogP contribution in [0.1, 0.15) is 54.2 Å². The summed E-state index contributed by atoms with van der Waals surface area (Å²) < 4.78 is 0. The molecule has 162 valence electrons. The molecule has 30 heavy (non-hydrogen) atoms. The van der Waals surface area contributed by atoms with Crippen LogP contribution in [0.5, 0.6) is 0 Å². The van der Waals surface area contributed by atoms with Gasteiger partial charge in [-0.15, -0.1) is 0 Å². The van der Waals surface area contributed by atoms with Gasteiger partial charge in [0.15, 0.2) is 0 Å². The smallest absolute Gasteiger partial charge is 0.229 e. The van der Waals surface area contributed by atoms with Crippen molar-refractivity contribution in [3.8, 4) is 0 Å². The van der Waals surface area contributed by atoms with Crippen LogP contribution in [0.3, 0.4) is 0 Å². The summed E-state index contributed by atoms with van der Waals surface area (Å²) >= 11 is 0. The van der Waals surface area contributed by atoms with Gasteiger partial charge in [-0.05, 0) is 46.3 Å². The van der Waals surface area contributed by atoms with E-state index in [1.54, 1.807) is 0 Å². The number of aryl methyl sites for hydroxylation is 1. The Morgan fingerprint density at radius 2 is 1.73 bits per heavy atom. The molecule has 6 heteroatoms. The Hall–Kier alpha value is -2.47. The van der Waals surface area contributed by atoms with Crippen LogP contribution in [-0.2, 0) is 11.3 Å². The van der Waals surface area contributed by atoms with E-state index in [1.165, 1.54) is 5.56 Å². The molecule has 1 aromatic heterocycles. The first-order valence-electron chi connectivity index (χ1n) is 10.8. The summed E-state index contributed by atoms with van der Waals surface area (Å²) in [6.07, 6.45) is 1.81. The minimum Gasteiger partial charge on any atom is -0.363 e. The number of hydrogen-bond donors (Lipinski definition) is 0. The number of carbonyl (C=O) groups is 1. The summed E-state index contributed by atoms with van der Waals surface area (Å²) in [6.45, 7) is 6.40. The summed E-state index contributed by atoms with van der Waals surface area (Å²) in [6, 6.07) is 10.3. The van der Waals surface area contributed by atoms with Crippen LogP contribution in [0.25, 0.3) is 0 Å². The number of carbonyl (C=O) groups excluding carboxylic acids is 1. The molecular formula is C24H35N5O. The molecule has 2 heterocycles. The SMILES string of the molecule is Cc1ccc(C(C)C(=O)N2CCC(c3nc(CN(C)C)cc(N(C)C)n3)CC2)cc1. The van der Waals surface area contributed by atoms with Crippen molar-refractivity contribution in [2.75, 3.05) is 46.2 Å². The average molecular weight is 410 g/mol. The Kier molecular flexibility index (Phi) is 7.08. The van der Waals surface area contributed by atoms with E-state index in [2.05, 4.69) is 56.3 Å². The lowest BCUT2D eigenvalue weighted by atomic mass is 9.93. The summed E-state index contributed by atoms with van der Waals surface area (Å²) in [4.78, 5) is 28.9. The highest BCUT2D eigenvalue weighted by Crippen LogP contribution is 2.29. The molecule has 1 aliphatic heterocycles. The third-order valence-corrected chi connectivity index (χ3v) is 5.84. The molecule has 1 aromatic carbocycles. The number of nitrogens with zero attached hydrogens (tertiary/aromatic N) is 5. The number of anilines is 1. The van der Waals surface area contributed by atoms with Gasteiger partial charge in [-0.3, -0.25) is 4.79 Å². The summed E-state index contributed by atoms with van der Waals surface area (Å²) in [7, 11) is 8.13. The van der Waals surface area contributed by atoms with E-state index in [9.17, 15) is 4.79 Å². The Bertz CT molecular complexity index is 854. The number of likely N-dealkylation sites (tertiary alicyclic amines) is 1. The molecule has 1 fully saturated rings. The van der Waals surface area contributed by atoms with Crippen molar-refractivity contribution in [2.24, 2.45) is 0 Å². The van der Waals surface area contributed by atoms with Gasteiger partial charge >= 0.3 is 0 Å². The molecule has 1 amide bonds. The van der Waals surface area contributed by atoms with Crippen LogP contribution >= 0.6 is 0 Å². The fourth-order valence-electron chi connectivity index (χ4n) is 3.95. The van der Waals surface area contributed by atoms with E-state index < -0.39 is 0 Å². The molecule has 6 nitrogen and oxygen atoms in total. The van der Waals surface area contributed by atoms with E-state index in [0.29, 0.717) is 5.92 Å². The zero-order chi connectivity index (χ0) is 21.8. The van der Waals surface area contributed by atoms with E-state index in [0.717, 1.165) is 55.4 Å². The van der Waals surface area contributed by atoms with Gasteiger partial charge in [-0.25, -0.2) is 9.97 Å². The Balaban J connectivity index is 1.68. The molecule has 3 rings (SSSR count). The molecule has 0 bridgehead atoms. The second kappa shape index (κ2) is 9.56. The molecule has 1 saturated heterocycles. The zero-order valence-corrected chi connectivity index (χ0v) is 19.2. The van der Waals surface area contributed by atoms with Gasteiger partial charge in [-0.1, -0.05) is 29.8 Å². The quantitative estimate of drug-likeness (QED) is 0.732. The third-order valence-electron chi connectivity index (χ3n) is 5.84. The molecule has 0 saturated carbocycles. The van der Waals surface area contributed by atoms with E-state index >= 15 is 0 Å². The molecule has 0 radical (unpaired) electrons. The number of piperidine rings is 1. The van der Waals surface area contributed by atoms with Crippen molar-refractivity contribution < 1.29 is 4.79 Å². The largest absolute Gasteiger partial charge is 0.363 e. The van der Waals surface area contributed by atoms with Gasteiger partial charge in [0.05, 0.1) is 11.6 Å². The van der Waals surface area contributed by atoms with Crippen molar-refractivity contribution in [3.63, 3.8) is 0 Å². The van der Waals surface area contributed by atoms with Crippen molar-refractivity contribution in [3.05, 3.63) is 53.0 Å². The number of benzene rings is 1. The highest BCUT2D eigenvalue weighted by Gasteiger charge is 2.29. The van der Waals surface area contributed by atoms with Gasteiger partial charge in [0.1, 0.15) is 11.6 Å². The zero-order valence-electron chi connectivity index (χ0n) is 19.2. The summed E-state index contributed by atoms with van der Waals surface area (Å²) in [5, 5.41) is 0. The fourth-order valence-corrected chi connectivity index (χ4v) is 3.95. The lowest BCUT2D eigenvalue weighted by molar-refractivity contribution is -0.133. The van der Waals surface area contributed by atoms with E-state index in [1.807, 2.05) is 30.8 Å². The first-order chi connectivity index (χ1) is 14.2. The molecule has 1 unspecified atom stereocenters. The minimum absolute atomic E-state index is 0.109. The minimum atomic E-state index is -0.109. The second-order valence-electron chi connectivity index (χ2n) is 8.94. The highest BCUT2D eigenvalue weighted by molar-refractivity contribution is 5.83. The maximum atomic E-state index is 13.0. The van der Waals surface area contributed by atoms with Gasteiger partial charge in [0.2, 0.25) is 5.91 Å². The monoisotopic (exact) mass is 409 g/mol. The summed E-state index contributed by atoms with van der Waals surface area (Å²) in [5.41, 5.74) is 3.34. The lowest BCUT2D eigenvalue weighted by Crippen LogP contribution is -2.40. The standard InChI is InChI=1S/C24H35N5O/c1-17-7-9-19(10-8-17)18(2)24(30)29-13-11-20(12-14-29)23-25-21(16-27(3)4)15-22(26-23)28(5)6/h7-10,15,18,20H,11-14,16H2,1-6H3. The first-order valence-corrected chi connectivity index (χ1v) is 10.8. The Morgan fingerprint density at radius 3 is 2.30 bits per heavy atom. The van der Waals surface area contributed by atoms with Crippen LogP contribution < -0.4 is 4.90 Å². The number of hydrogen-bond acceptors (Lipinski definition) is 5. The molecule has 0 aliphatic carbocycles. The Labute approximate surface area is 180 Å². The van der Waals surface area contributed by atoms with Crippen LogP contribution in [0, 0.1) is 6.92 Å². The highest BCUT2D eigenvalue weighted by atomic mass is 16.2. The van der Waals surface area contributed by atoms with Crippen molar-refractivity contribution in [1.82, 2.24) is 19.8 Å². The van der Waals surface area contributed by atoms with Crippen molar-refractivity contribution in [2.45, 2.75) is 45.1 Å². The van der Waals surface area contributed by atoms with Crippen LogP contribution in [0.15, 0.2) is 30.3 Å². The molecule has 1 atom stereocenters.